The lowest BCUT2D eigenvalue weighted by molar-refractivity contribution is -0.119. The number of thiazole rings is 1. The molecule has 1 N–H and O–H groups in total. The van der Waals surface area contributed by atoms with Crippen molar-refractivity contribution in [3.8, 4) is 0 Å². The second-order valence-electron chi connectivity index (χ2n) is 9.84. The SMILES string of the molecule is CC(=O)c1csc(NC(=O)C(C[C@H]2CCC(=O)C2)c2ccc(S(=O)(=O)C3CC3)c(C3CC3)c2)n1. The third kappa shape index (κ3) is 4.86. The molecule has 5 rings (SSSR count). The lowest BCUT2D eigenvalue weighted by Crippen LogP contribution is -2.24. The summed E-state index contributed by atoms with van der Waals surface area (Å²) in [6.45, 7) is 1.43. The monoisotopic (exact) mass is 500 g/mol. The predicted octanol–water partition coefficient (Wildman–Crippen LogP) is 4.64. The molecule has 2 aromatic rings. The number of sulfone groups is 1. The molecular formula is C25H28N2O5S2. The van der Waals surface area contributed by atoms with Crippen molar-refractivity contribution < 1.29 is 22.8 Å². The number of benzene rings is 1. The summed E-state index contributed by atoms with van der Waals surface area (Å²) in [7, 11) is -3.33. The molecule has 3 saturated carbocycles. The minimum absolute atomic E-state index is 0.117. The van der Waals surface area contributed by atoms with E-state index in [-0.39, 0.29) is 34.6 Å². The number of carbonyl (C=O) groups is 3. The quantitative estimate of drug-likeness (QED) is 0.502. The number of aromatic nitrogens is 1. The fourth-order valence-electron chi connectivity index (χ4n) is 4.82. The highest BCUT2D eigenvalue weighted by Crippen LogP contribution is 2.47. The van der Waals surface area contributed by atoms with E-state index in [4.69, 9.17) is 0 Å². The number of Topliss-reactive ketones (excluding diaryl/α,β-unsaturated/α-hetero) is 2. The van der Waals surface area contributed by atoms with Crippen LogP contribution in [0.15, 0.2) is 28.5 Å². The van der Waals surface area contributed by atoms with Crippen molar-refractivity contribution in [3.05, 3.63) is 40.4 Å². The minimum Gasteiger partial charge on any atom is -0.301 e. The maximum Gasteiger partial charge on any atom is 0.233 e. The Labute approximate surface area is 203 Å². The summed E-state index contributed by atoms with van der Waals surface area (Å²) in [4.78, 5) is 41.5. The van der Waals surface area contributed by atoms with Crippen LogP contribution in [-0.2, 0) is 19.4 Å². The first kappa shape index (κ1) is 23.4. The largest absolute Gasteiger partial charge is 0.301 e. The molecule has 2 atom stereocenters. The average molecular weight is 501 g/mol. The van der Waals surface area contributed by atoms with Gasteiger partial charge in [0.25, 0.3) is 0 Å². The summed E-state index contributed by atoms with van der Waals surface area (Å²) >= 11 is 1.20. The van der Waals surface area contributed by atoms with Crippen LogP contribution in [0.2, 0.25) is 0 Å². The van der Waals surface area contributed by atoms with E-state index in [1.54, 1.807) is 17.5 Å². The third-order valence-corrected chi connectivity index (χ3v) is 10.1. The fraction of sp³-hybridized carbons (Fsp3) is 0.520. The van der Waals surface area contributed by atoms with Gasteiger partial charge in [0, 0.05) is 25.1 Å². The van der Waals surface area contributed by atoms with E-state index in [9.17, 15) is 22.8 Å². The molecule has 180 valence electrons. The van der Waals surface area contributed by atoms with Crippen LogP contribution in [0, 0.1) is 5.92 Å². The summed E-state index contributed by atoms with van der Waals surface area (Å²) in [6, 6.07) is 5.37. The van der Waals surface area contributed by atoms with Gasteiger partial charge in [0.15, 0.2) is 20.8 Å². The molecule has 1 aromatic carbocycles. The average Bonchev–Trinajstić information content (AvgIpc) is 3.72. The minimum atomic E-state index is -3.33. The van der Waals surface area contributed by atoms with Crippen molar-refractivity contribution in [2.24, 2.45) is 5.92 Å². The van der Waals surface area contributed by atoms with Gasteiger partial charge in [-0.15, -0.1) is 11.3 Å². The number of nitrogens with zero attached hydrogens (tertiary/aromatic N) is 1. The molecule has 0 saturated heterocycles. The molecule has 3 aliphatic rings. The molecule has 1 heterocycles. The van der Waals surface area contributed by atoms with Gasteiger partial charge in [-0.3, -0.25) is 14.4 Å². The van der Waals surface area contributed by atoms with Gasteiger partial charge in [0.2, 0.25) is 5.91 Å². The highest BCUT2D eigenvalue weighted by molar-refractivity contribution is 7.92. The Morgan fingerprint density at radius 1 is 1.18 bits per heavy atom. The number of hydrogen-bond acceptors (Lipinski definition) is 7. The zero-order valence-corrected chi connectivity index (χ0v) is 20.7. The zero-order valence-electron chi connectivity index (χ0n) is 19.1. The van der Waals surface area contributed by atoms with E-state index < -0.39 is 15.8 Å². The molecule has 34 heavy (non-hydrogen) atoms. The van der Waals surface area contributed by atoms with E-state index in [0.717, 1.165) is 30.4 Å². The predicted molar refractivity (Wildman–Crippen MR) is 129 cm³/mol. The van der Waals surface area contributed by atoms with E-state index >= 15 is 0 Å². The first-order valence-corrected chi connectivity index (χ1v) is 14.3. The van der Waals surface area contributed by atoms with Gasteiger partial charge in [0.05, 0.1) is 16.1 Å². The summed E-state index contributed by atoms with van der Waals surface area (Å²) in [5.74, 6) is -0.387. The first-order chi connectivity index (χ1) is 16.2. The normalized spacial score (nSPS) is 21.4. The number of anilines is 1. The molecule has 0 bridgehead atoms. The second kappa shape index (κ2) is 9.00. The Morgan fingerprint density at radius 2 is 1.94 bits per heavy atom. The Bertz CT molecular complexity index is 1260. The third-order valence-electron chi connectivity index (χ3n) is 7.05. The van der Waals surface area contributed by atoms with Crippen molar-refractivity contribution >= 4 is 43.8 Å². The molecule has 3 aliphatic carbocycles. The number of rotatable bonds is 9. The molecule has 9 heteroatoms. The van der Waals surface area contributed by atoms with Crippen molar-refractivity contribution in [2.45, 2.75) is 80.3 Å². The van der Waals surface area contributed by atoms with Crippen molar-refractivity contribution in [2.75, 3.05) is 5.32 Å². The van der Waals surface area contributed by atoms with Crippen molar-refractivity contribution in [1.29, 1.82) is 0 Å². The molecule has 0 aliphatic heterocycles. The smallest absolute Gasteiger partial charge is 0.233 e. The second-order valence-corrected chi connectivity index (χ2v) is 12.9. The molecule has 3 fully saturated rings. The van der Waals surface area contributed by atoms with Crippen LogP contribution >= 0.6 is 11.3 Å². The van der Waals surface area contributed by atoms with E-state index in [0.29, 0.717) is 47.8 Å². The van der Waals surface area contributed by atoms with Crippen LogP contribution in [0.5, 0.6) is 0 Å². The first-order valence-electron chi connectivity index (χ1n) is 11.9. The molecular weight excluding hydrogens is 472 g/mol. The molecule has 1 amide bonds. The van der Waals surface area contributed by atoms with Crippen LogP contribution in [0.25, 0.3) is 0 Å². The number of nitrogens with one attached hydrogen (secondary N) is 1. The van der Waals surface area contributed by atoms with Crippen LogP contribution in [0.1, 0.15) is 91.7 Å². The Hall–Kier alpha value is -2.39. The summed E-state index contributed by atoms with van der Waals surface area (Å²) < 4.78 is 26.0. The lowest BCUT2D eigenvalue weighted by atomic mass is 9.86. The molecule has 7 nitrogen and oxygen atoms in total. The van der Waals surface area contributed by atoms with Crippen molar-refractivity contribution in [3.63, 3.8) is 0 Å². The Kier molecular flexibility index (Phi) is 6.18. The number of ketones is 2. The molecule has 1 aromatic heterocycles. The van der Waals surface area contributed by atoms with Gasteiger partial charge >= 0.3 is 0 Å². The summed E-state index contributed by atoms with van der Waals surface area (Å²) in [6.07, 6.45) is 5.63. The lowest BCUT2D eigenvalue weighted by Gasteiger charge is -2.21. The number of hydrogen-bond donors (Lipinski definition) is 1. The zero-order chi connectivity index (χ0) is 24.0. The van der Waals surface area contributed by atoms with Gasteiger partial charge in [-0.25, -0.2) is 13.4 Å². The number of amides is 1. The van der Waals surface area contributed by atoms with Crippen LogP contribution in [0.4, 0.5) is 5.13 Å². The van der Waals surface area contributed by atoms with E-state index in [1.165, 1.54) is 18.3 Å². The Balaban J connectivity index is 1.46. The standard InChI is InChI=1S/C25H28N2O5S2/c1-14(28)22-13-33-25(26-22)27-24(30)21(11-15-2-6-18(29)10-15)17-5-9-23(20(12-17)16-3-4-16)34(31,32)19-7-8-19/h5,9,12-13,15-16,19,21H,2-4,6-8,10-11H2,1H3,(H,26,27,30)/t15-,21?/m0/s1. The van der Waals surface area contributed by atoms with Crippen LogP contribution in [0.3, 0.4) is 0 Å². The summed E-state index contributed by atoms with van der Waals surface area (Å²) in [5.41, 5.74) is 1.92. The molecule has 0 radical (unpaired) electrons. The van der Waals surface area contributed by atoms with Crippen LogP contribution in [-0.4, -0.2) is 36.1 Å². The highest BCUT2D eigenvalue weighted by atomic mass is 32.2. The molecule has 1 unspecified atom stereocenters. The fourth-order valence-corrected chi connectivity index (χ4v) is 7.50. The van der Waals surface area contributed by atoms with Crippen molar-refractivity contribution in [1.82, 2.24) is 4.98 Å². The van der Waals surface area contributed by atoms with E-state index in [2.05, 4.69) is 10.3 Å². The maximum atomic E-state index is 13.4. The van der Waals surface area contributed by atoms with E-state index in [1.807, 2.05) is 6.07 Å². The van der Waals surface area contributed by atoms with Gasteiger partial charge in [-0.2, -0.15) is 0 Å². The number of carbonyl (C=O) groups excluding carboxylic acids is 3. The van der Waals surface area contributed by atoms with Gasteiger partial charge in [0.1, 0.15) is 11.5 Å². The van der Waals surface area contributed by atoms with Crippen LogP contribution < -0.4 is 5.32 Å². The molecule has 0 spiro atoms. The Morgan fingerprint density at radius 3 is 2.53 bits per heavy atom. The van der Waals surface area contributed by atoms with Gasteiger partial charge in [-0.05, 0) is 67.6 Å². The van der Waals surface area contributed by atoms with Gasteiger partial charge < -0.3 is 5.32 Å². The maximum absolute atomic E-state index is 13.4. The van der Waals surface area contributed by atoms with Gasteiger partial charge in [-0.1, -0.05) is 12.1 Å². The topological polar surface area (TPSA) is 110 Å². The summed E-state index contributed by atoms with van der Waals surface area (Å²) in [5, 5.41) is 4.55. The highest BCUT2D eigenvalue weighted by Gasteiger charge is 2.41.